The van der Waals surface area contributed by atoms with Crippen molar-refractivity contribution in [3.63, 3.8) is 0 Å². The molecule has 40 heavy (non-hydrogen) atoms. The number of urea groups is 1. The summed E-state index contributed by atoms with van der Waals surface area (Å²) in [7, 11) is 3.40. The topological polar surface area (TPSA) is 112 Å². The van der Waals surface area contributed by atoms with Gasteiger partial charge in [0.1, 0.15) is 11.3 Å². The van der Waals surface area contributed by atoms with Gasteiger partial charge in [0, 0.05) is 24.7 Å². The quantitative estimate of drug-likeness (QED) is 0.485. The fourth-order valence-electron chi connectivity index (χ4n) is 4.32. The molecular weight excluding hydrogens is 527 g/mol. The molecule has 214 valence electrons. The summed E-state index contributed by atoms with van der Waals surface area (Å²) >= 11 is 0. The second-order valence-electron chi connectivity index (χ2n) is 9.25. The first-order chi connectivity index (χ1) is 18.8. The average molecular weight is 560 g/mol. The number of carbonyl (C=O) groups excluding carboxylic acids is 3. The molecule has 3 N–H and O–H groups in total. The highest BCUT2D eigenvalue weighted by Gasteiger charge is 2.44. The summed E-state index contributed by atoms with van der Waals surface area (Å²) < 4.78 is 44.6. The van der Waals surface area contributed by atoms with E-state index in [0.717, 1.165) is 16.9 Å². The third-order valence-electron chi connectivity index (χ3n) is 6.44. The van der Waals surface area contributed by atoms with Crippen LogP contribution in [0.2, 0.25) is 0 Å². The van der Waals surface area contributed by atoms with Gasteiger partial charge in [-0.15, -0.1) is 0 Å². The Morgan fingerprint density at radius 2 is 1.73 bits per heavy atom. The summed E-state index contributed by atoms with van der Waals surface area (Å²) in [4.78, 5) is 36.5. The molecule has 0 bridgehead atoms. The number of methoxy groups -OCH3 is 1. The molecule has 3 aliphatic heterocycles. The number of carbonyl (C=O) groups is 3. The Kier molecular flexibility index (Phi) is 8.91. The average Bonchev–Trinajstić information content (AvgIpc) is 3.37. The van der Waals surface area contributed by atoms with E-state index in [9.17, 15) is 27.6 Å². The van der Waals surface area contributed by atoms with Crippen LogP contribution in [0.1, 0.15) is 54.7 Å². The molecule has 2 atom stereocenters. The number of imide groups is 1. The van der Waals surface area contributed by atoms with Crippen LogP contribution < -0.4 is 20.8 Å². The Morgan fingerprint density at radius 1 is 1.07 bits per heavy atom. The fourth-order valence-corrected chi connectivity index (χ4v) is 4.32. The van der Waals surface area contributed by atoms with Crippen molar-refractivity contribution in [2.24, 2.45) is 5.10 Å². The van der Waals surface area contributed by atoms with E-state index in [1.54, 1.807) is 32.0 Å². The van der Waals surface area contributed by atoms with E-state index in [1.165, 1.54) is 37.3 Å². The summed E-state index contributed by atoms with van der Waals surface area (Å²) in [6.45, 7) is 7.92. The number of ether oxygens (including phenoxy) is 1. The van der Waals surface area contributed by atoms with Crippen molar-refractivity contribution in [3.8, 4) is 5.75 Å². The molecule has 12 heteroatoms. The second kappa shape index (κ2) is 11.8. The number of hydrogen-bond acceptors (Lipinski definition) is 6. The van der Waals surface area contributed by atoms with Gasteiger partial charge in [-0.3, -0.25) is 14.9 Å². The van der Waals surface area contributed by atoms with Gasteiger partial charge in [0.25, 0.3) is 11.8 Å². The van der Waals surface area contributed by atoms with Gasteiger partial charge in [-0.25, -0.2) is 4.79 Å². The monoisotopic (exact) mass is 559 g/mol. The minimum atomic E-state index is -4.59. The van der Waals surface area contributed by atoms with Crippen molar-refractivity contribution in [2.75, 3.05) is 14.2 Å². The normalized spacial score (nSPS) is 21.4. The molecule has 2 aromatic rings. The van der Waals surface area contributed by atoms with Gasteiger partial charge < -0.3 is 20.4 Å². The third kappa shape index (κ3) is 6.11. The van der Waals surface area contributed by atoms with Crippen molar-refractivity contribution >= 4 is 29.1 Å². The summed E-state index contributed by atoms with van der Waals surface area (Å²) in [5, 5.41) is 8.07. The second-order valence-corrected chi connectivity index (χ2v) is 9.25. The Balaban J connectivity index is 0.000000246. The van der Waals surface area contributed by atoms with Gasteiger partial charge in [-0.05, 0) is 42.7 Å². The number of benzene rings is 2. The molecule has 2 aromatic carbocycles. The van der Waals surface area contributed by atoms with Crippen molar-refractivity contribution in [1.29, 1.82) is 0 Å². The maximum atomic E-state index is 13.2. The van der Waals surface area contributed by atoms with E-state index in [1.807, 2.05) is 26.0 Å². The fraction of sp³-hybridized carbons (Fsp3) is 0.357. The number of allylic oxidation sites excluding steroid dienone is 1. The zero-order chi connectivity index (χ0) is 29.8. The van der Waals surface area contributed by atoms with Gasteiger partial charge in [-0.2, -0.15) is 18.3 Å². The summed E-state index contributed by atoms with van der Waals surface area (Å²) in [6.07, 6.45) is -3.15. The van der Waals surface area contributed by atoms with Crippen LogP contribution in [-0.2, 0) is 16.9 Å². The van der Waals surface area contributed by atoms with Crippen LogP contribution >= 0.6 is 0 Å². The van der Waals surface area contributed by atoms with E-state index in [-0.39, 0.29) is 17.5 Å². The van der Waals surface area contributed by atoms with Crippen LogP contribution in [0.3, 0.4) is 0 Å². The number of nitrogens with zero attached hydrogens (tertiary/aromatic N) is 2. The van der Waals surface area contributed by atoms with Crippen molar-refractivity contribution in [2.45, 2.75) is 52.0 Å². The molecule has 1 saturated heterocycles. The first-order valence-corrected chi connectivity index (χ1v) is 12.6. The number of amides is 4. The van der Waals surface area contributed by atoms with E-state index in [4.69, 9.17) is 4.74 Å². The number of fused-ring (bicyclic) bond motifs is 1. The van der Waals surface area contributed by atoms with Crippen molar-refractivity contribution < 1.29 is 32.3 Å². The molecule has 0 saturated carbocycles. The zero-order valence-electron chi connectivity index (χ0n) is 23.1. The summed E-state index contributed by atoms with van der Waals surface area (Å²) in [5.41, 5.74) is 2.74. The Morgan fingerprint density at radius 3 is 2.27 bits per heavy atom. The van der Waals surface area contributed by atoms with Gasteiger partial charge in [-0.1, -0.05) is 50.3 Å². The highest BCUT2D eigenvalue weighted by Crippen LogP contribution is 2.32. The Bertz CT molecular complexity index is 1350. The summed E-state index contributed by atoms with van der Waals surface area (Å²) in [6, 6.07) is 10.6. The van der Waals surface area contributed by atoms with Crippen LogP contribution in [0.4, 0.5) is 18.0 Å². The maximum Gasteiger partial charge on any atom is 0.435 e. The van der Waals surface area contributed by atoms with E-state index in [2.05, 4.69) is 21.2 Å². The first-order valence-electron chi connectivity index (χ1n) is 12.6. The molecule has 0 radical (unpaired) electrons. The van der Waals surface area contributed by atoms with E-state index in [0.29, 0.717) is 17.7 Å². The van der Waals surface area contributed by atoms with Crippen LogP contribution in [0.5, 0.6) is 5.75 Å². The molecule has 0 aliphatic carbocycles. The number of hydrazone groups is 1. The van der Waals surface area contributed by atoms with Crippen molar-refractivity contribution in [3.05, 3.63) is 70.8 Å². The molecule has 3 heterocycles. The molecule has 9 nitrogen and oxygen atoms in total. The molecule has 0 spiro atoms. The lowest BCUT2D eigenvalue weighted by Gasteiger charge is -2.24. The zero-order valence-corrected chi connectivity index (χ0v) is 23.1. The van der Waals surface area contributed by atoms with Crippen LogP contribution in [0.25, 0.3) is 5.57 Å². The Hall–Kier alpha value is -4.35. The van der Waals surface area contributed by atoms with Crippen molar-refractivity contribution in [1.82, 2.24) is 21.0 Å². The number of alkyl halides is 3. The molecule has 0 aromatic heterocycles. The van der Waals surface area contributed by atoms with Gasteiger partial charge in [0.15, 0.2) is 5.71 Å². The van der Waals surface area contributed by atoms with Gasteiger partial charge in [0.2, 0.25) is 0 Å². The number of halogens is 3. The molecular formula is C28H32F3N5O4. The minimum Gasteiger partial charge on any atom is -0.497 e. The SMILES string of the molecule is CC.CC1C=C(c2ccc(C3(C)NC(=O)NC3=O)cc2)C(C(F)(F)F)=NN1.COc1ccc2c(c1)C(=O)N(C)C2. The maximum absolute atomic E-state index is 13.2. The summed E-state index contributed by atoms with van der Waals surface area (Å²) in [5.74, 6) is 0.300. The highest BCUT2D eigenvalue weighted by atomic mass is 19.4. The highest BCUT2D eigenvalue weighted by molar-refractivity contribution is 6.27. The lowest BCUT2D eigenvalue weighted by molar-refractivity contribution is -0.123. The van der Waals surface area contributed by atoms with Crippen LogP contribution in [-0.4, -0.2) is 54.8 Å². The molecule has 2 unspecified atom stereocenters. The lowest BCUT2D eigenvalue weighted by atomic mass is 9.89. The molecule has 1 fully saturated rings. The molecule has 5 rings (SSSR count). The third-order valence-corrected chi connectivity index (χ3v) is 6.44. The van der Waals surface area contributed by atoms with E-state index >= 15 is 0 Å². The Labute approximate surface area is 230 Å². The number of nitrogens with one attached hydrogen (secondary N) is 3. The largest absolute Gasteiger partial charge is 0.497 e. The standard InChI is InChI=1S/C16H15F3N4O2.C10H11NO2.C2H6/c1-8-7-11(12(23-22-8)16(17,18)19)9-3-5-10(6-4-9)15(2)13(24)20-14(25)21-15;1-11-6-7-3-4-8(13-2)5-9(7)10(11)12;1-2/h3-8,22H,1-2H3,(H2,20,21,24,25);3-5H,6H2,1-2H3;1-2H3. The van der Waals surface area contributed by atoms with Crippen LogP contribution in [0, 0.1) is 0 Å². The smallest absolute Gasteiger partial charge is 0.435 e. The predicted molar refractivity (Wildman–Crippen MR) is 145 cm³/mol. The van der Waals surface area contributed by atoms with Gasteiger partial charge >= 0.3 is 12.2 Å². The number of rotatable bonds is 3. The number of hydrogen-bond donors (Lipinski definition) is 3. The molecule has 3 aliphatic rings. The lowest BCUT2D eigenvalue weighted by Crippen LogP contribution is -2.40. The predicted octanol–water partition coefficient (Wildman–Crippen LogP) is 4.34. The molecule has 4 amide bonds. The first kappa shape index (κ1) is 30.2. The van der Waals surface area contributed by atoms with Gasteiger partial charge in [0.05, 0.1) is 13.2 Å². The van der Waals surface area contributed by atoms with Crippen LogP contribution in [0.15, 0.2) is 53.6 Å². The minimum absolute atomic E-state index is 0.0321. The van der Waals surface area contributed by atoms with E-state index < -0.39 is 29.4 Å².